The number of nitrogens with one attached hydrogen (secondary N) is 1. The number of hydrogen-bond donors (Lipinski definition) is 1. The average Bonchev–Trinajstić information content (AvgIpc) is 3.08. The molecule has 0 aromatic heterocycles. The van der Waals surface area contributed by atoms with E-state index in [1.807, 2.05) is 6.07 Å². The van der Waals surface area contributed by atoms with Crippen molar-refractivity contribution < 1.29 is 4.74 Å². The van der Waals surface area contributed by atoms with Crippen LogP contribution in [0.2, 0.25) is 0 Å². The quantitative estimate of drug-likeness (QED) is 0.884. The second-order valence-corrected chi connectivity index (χ2v) is 7.49. The zero-order chi connectivity index (χ0) is 14.2. The second kappa shape index (κ2) is 5.64. The minimum absolute atomic E-state index is 0.734. The van der Waals surface area contributed by atoms with Crippen LogP contribution in [0.3, 0.4) is 0 Å². The maximum Gasteiger partial charge on any atom is 0.119 e. The molecule has 2 bridgehead atoms. The molecule has 0 radical (unpaired) electrons. The van der Waals surface area contributed by atoms with Gasteiger partial charge in [-0.05, 0) is 80.0 Å². The van der Waals surface area contributed by atoms with Crippen LogP contribution in [0, 0.1) is 17.8 Å². The fourth-order valence-electron chi connectivity index (χ4n) is 4.90. The molecule has 2 heteroatoms. The van der Waals surface area contributed by atoms with E-state index in [4.69, 9.17) is 4.74 Å². The highest BCUT2D eigenvalue weighted by atomic mass is 16.5. The summed E-state index contributed by atoms with van der Waals surface area (Å²) in [5, 5.41) is 3.84. The molecule has 21 heavy (non-hydrogen) atoms. The van der Waals surface area contributed by atoms with Crippen molar-refractivity contribution in [1.29, 1.82) is 0 Å². The number of methoxy groups -OCH3 is 1. The number of fused-ring (bicyclic) bond motifs is 2. The molecule has 3 aliphatic carbocycles. The molecule has 1 aromatic rings. The highest BCUT2D eigenvalue weighted by Crippen LogP contribution is 2.48. The molecule has 0 saturated heterocycles. The fourth-order valence-corrected chi connectivity index (χ4v) is 4.90. The van der Waals surface area contributed by atoms with Gasteiger partial charge in [-0.1, -0.05) is 18.6 Å². The Morgan fingerprint density at radius 3 is 2.76 bits per heavy atom. The summed E-state index contributed by atoms with van der Waals surface area (Å²) in [5.41, 5.74) is 1.45. The Labute approximate surface area is 128 Å². The standard InChI is InChI=1S/C19H27NO/c1-21-19-4-2-3-14(11-19)16-9-18(10-16)20-12-17-8-13-5-6-15(17)7-13/h2-4,11,13,15-18,20H,5-10,12H2,1H3. The van der Waals surface area contributed by atoms with Crippen LogP contribution in [-0.4, -0.2) is 19.7 Å². The molecular weight excluding hydrogens is 258 g/mol. The lowest BCUT2D eigenvalue weighted by molar-refractivity contribution is 0.246. The van der Waals surface area contributed by atoms with E-state index in [1.165, 1.54) is 50.6 Å². The Morgan fingerprint density at radius 1 is 1.14 bits per heavy atom. The topological polar surface area (TPSA) is 21.3 Å². The van der Waals surface area contributed by atoms with E-state index >= 15 is 0 Å². The molecule has 3 fully saturated rings. The lowest BCUT2D eigenvalue weighted by Crippen LogP contribution is -2.42. The molecule has 0 aliphatic heterocycles. The van der Waals surface area contributed by atoms with Gasteiger partial charge in [-0.25, -0.2) is 0 Å². The van der Waals surface area contributed by atoms with Crippen LogP contribution in [0.25, 0.3) is 0 Å². The third-order valence-corrected chi connectivity index (χ3v) is 6.26. The van der Waals surface area contributed by atoms with Crippen LogP contribution in [-0.2, 0) is 0 Å². The first-order chi connectivity index (χ1) is 10.3. The van der Waals surface area contributed by atoms with E-state index in [0.717, 1.165) is 35.5 Å². The highest BCUT2D eigenvalue weighted by molar-refractivity contribution is 5.32. The van der Waals surface area contributed by atoms with Crippen LogP contribution in [0.5, 0.6) is 5.75 Å². The van der Waals surface area contributed by atoms with Crippen LogP contribution >= 0.6 is 0 Å². The van der Waals surface area contributed by atoms with Gasteiger partial charge < -0.3 is 10.1 Å². The molecule has 3 saturated carbocycles. The minimum atomic E-state index is 0.734. The lowest BCUT2D eigenvalue weighted by atomic mass is 9.75. The predicted octanol–water partition coefficient (Wildman–Crippen LogP) is 3.97. The Kier molecular flexibility index (Phi) is 3.66. The Balaban J connectivity index is 1.24. The maximum atomic E-state index is 5.33. The van der Waals surface area contributed by atoms with Gasteiger partial charge in [0.15, 0.2) is 0 Å². The highest BCUT2D eigenvalue weighted by Gasteiger charge is 2.40. The molecule has 2 nitrogen and oxygen atoms in total. The molecule has 3 atom stereocenters. The zero-order valence-electron chi connectivity index (χ0n) is 13.1. The van der Waals surface area contributed by atoms with Gasteiger partial charge in [-0.3, -0.25) is 0 Å². The van der Waals surface area contributed by atoms with Crippen molar-refractivity contribution in [2.45, 2.75) is 50.5 Å². The predicted molar refractivity (Wildman–Crippen MR) is 85.7 cm³/mol. The summed E-state index contributed by atoms with van der Waals surface area (Å²) in [5.74, 6) is 4.84. The van der Waals surface area contributed by atoms with Gasteiger partial charge >= 0.3 is 0 Å². The van der Waals surface area contributed by atoms with Crippen LogP contribution in [0.4, 0.5) is 0 Å². The third-order valence-electron chi connectivity index (χ3n) is 6.26. The van der Waals surface area contributed by atoms with Crippen molar-refractivity contribution >= 4 is 0 Å². The van der Waals surface area contributed by atoms with Crippen molar-refractivity contribution in [3.8, 4) is 5.75 Å². The molecule has 3 unspecified atom stereocenters. The third kappa shape index (κ3) is 2.70. The summed E-state index contributed by atoms with van der Waals surface area (Å²) in [6.07, 6.45) is 8.66. The first kappa shape index (κ1) is 13.6. The number of hydrogen-bond acceptors (Lipinski definition) is 2. The fraction of sp³-hybridized carbons (Fsp3) is 0.684. The second-order valence-electron chi connectivity index (χ2n) is 7.49. The Hall–Kier alpha value is -1.02. The van der Waals surface area contributed by atoms with Gasteiger partial charge in [0.2, 0.25) is 0 Å². The van der Waals surface area contributed by atoms with Crippen LogP contribution < -0.4 is 10.1 Å². The van der Waals surface area contributed by atoms with E-state index in [9.17, 15) is 0 Å². The summed E-state index contributed by atoms with van der Waals surface area (Å²) in [7, 11) is 1.75. The van der Waals surface area contributed by atoms with Crippen molar-refractivity contribution in [3.63, 3.8) is 0 Å². The molecule has 1 N–H and O–H groups in total. The van der Waals surface area contributed by atoms with Gasteiger partial charge in [-0.15, -0.1) is 0 Å². The molecule has 0 spiro atoms. The molecular formula is C19H27NO. The number of rotatable bonds is 5. The van der Waals surface area contributed by atoms with E-state index in [-0.39, 0.29) is 0 Å². The Bertz CT molecular complexity index is 494. The van der Waals surface area contributed by atoms with Crippen LogP contribution in [0.15, 0.2) is 24.3 Å². The summed E-state index contributed by atoms with van der Waals surface area (Å²) >= 11 is 0. The van der Waals surface area contributed by atoms with Gasteiger partial charge in [0, 0.05) is 6.04 Å². The van der Waals surface area contributed by atoms with E-state index < -0.39 is 0 Å². The Morgan fingerprint density at radius 2 is 2.05 bits per heavy atom. The first-order valence-electron chi connectivity index (χ1n) is 8.69. The van der Waals surface area contributed by atoms with Crippen molar-refractivity contribution in [2.24, 2.45) is 17.8 Å². The van der Waals surface area contributed by atoms with E-state index in [2.05, 4.69) is 23.5 Å². The van der Waals surface area contributed by atoms with Crippen molar-refractivity contribution in [2.75, 3.05) is 13.7 Å². The van der Waals surface area contributed by atoms with E-state index in [0.29, 0.717) is 0 Å². The molecule has 114 valence electrons. The SMILES string of the molecule is COc1cccc(C2CC(NCC3CC4CCC3C4)C2)c1. The molecule has 0 heterocycles. The largest absolute Gasteiger partial charge is 0.497 e. The number of benzene rings is 1. The zero-order valence-corrected chi connectivity index (χ0v) is 13.1. The smallest absolute Gasteiger partial charge is 0.119 e. The minimum Gasteiger partial charge on any atom is -0.497 e. The summed E-state index contributed by atoms with van der Waals surface area (Å²) in [6.45, 7) is 1.27. The molecule has 3 aliphatic rings. The number of ether oxygens (including phenoxy) is 1. The average molecular weight is 285 g/mol. The van der Waals surface area contributed by atoms with Crippen molar-refractivity contribution in [3.05, 3.63) is 29.8 Å². The van der Waals surface area contributed by atoms with Gasteiger partial charge in [0.05, 0.1) is 7.11 Å². The maximum absolute atomic E-state index is 5.33. The monoisotopic (exact) mass is 285 g/mol. The summed E-state index contributed by atoms with van der Waals surface area (Å²) in [6, 6.07) is 9.35. The summed E-state index contributed by atoms with van der Waals surface area (Å²) in [4.78, 5) is 0. The van der Waals surface area contributed by atoms with Crippen LogP contribution in [0.1, 0.15) is 50.0 Å². The van der Waals surface area contributed by atoms with Crippen molar-refractivity contribution in [1.82, 2.24) is 5.32 Å². The summed E-state index contributed by atoms with van der Waals surface area (Å²) < 4.78 is 5.33. The van der Waals surface area contributed by atoms with E-state index in [1.54, 1.807) is 7.11 Å². The first-order valence-corrected chi connectivity index (χ1v) is 8.69. The molecule has 4 rings (SSSR count). The normalized spacial score (nSPS) is 37.5. The van der Waals surface area contributed by atoms with Gasteiger partial charge in [0.1, 0.15) is 5.75 Å². The molecule has 0 amide bonds. The lowest BCUT2D eigenvalue weighted by Gasteiger charge is -2.38. The van der Waals surface area contributed by atoms with Gasteiger partial charge in [-0.2, -0.15) is 0 Å². The molecule has 1 aromatic carbocycles. The van der Waals surface area contributed by atoms with Gasteiger partial charge in [0.25, 0.3) is 0 Å².